The molecule has 1 N–H and O–H groups in total. The van der Waals surface area contributed by atoms with Gasteiger partial charge in [-0.2, -0.15) is 0 Å². The molecule has 1 rings (SSSR count). The molecule has 0 unspecified atom stereocenters. The van der Waals surface area contributed by atoms with Crippen molar-refractivity contribution in [3.8, 4) is 0 Å². The number of ether oxygens (including phenoxy) is 1. The van der Waals surface area contributed by atoms with Crippen molar-refractivity contribution in [2.75, 3.05) is 12.4 Å². The lowest BCUT2D eigenvalue weighted by molar-refractivity contribution is -0.133. The van der Waals surface area contributed by atoms with Gasteiger partial charge in [0.25, 0.3) is 0 Å². The highest BCUT2D eigenvalue weighted by Crippen LogP contribution is 2.15. The molecule has 0 aromatic carbocycles. The Morgan fingerprint density at radius 3 is 2.94 bits per heavy atom. The molecule has 0 radical (unpaired) electrons. The minimum absolute atomic E-state index is 0.0121. The number of thioether (sulfide) groups is 1. The molecule has 0 saturated carbocycles. The van der Waals surface area contributed by atoms with Gasteiger partial charge >= 0.3 is 5.97 Å². The van der Waals surface area contributed by atoms with Crippen molar-refractivity contribution in [3.05, 3.63) is 5.82 Å². The third-order valence-corrected chi connectivity index (χ3v) is 2.83. The zero-order valence-electron chi connectivity index (χ0n) is 9.34. The van der Waals surface area contributed by atoms with Gasteiger partial charge in [0.15, 0.2) is 11.0 Å². The van der Waals surface area contributed by atoms with E-state index in [1.807, 2.05) is 6.92 Å². The molecule has 0 atom stereocenters. The number of aromatic nitrogens is 3. The van der Waals surface area contributed by atoms with Gasteiger partial charge in [-0.1, -0.05) is 18.7 Å². The monoisotopic (exact) mass is 245 g/mol. The fourth-order valence-electron chi connectivity index (χ4n) is 1.03. The Morgan fingerprint density at radius 1 is 1.56 bits per heavy atom. The van der Waals surface area contributed by atoms with Gasteiger partial charge in [-0.3, -0.25) is 4.79 Å². The van der Waals surface area contributed by atoms with Crippen LogP contribution in [0.4, 0.5) is 0 Å². The van der Waals surface area contributed by atoms with Crippen LogP contribution in [0.15, 0.2) is 5.16 Å². The highest BCUT2D eigenvalue weighted by Gasteiger charge is 2.10. The lowest BCUT2D eigenvalue weighted by Crippen LogP contribution is -2.04. The van der Waals surface area contributed by atoms with Gasteiger partial charge in [0.2, 0.25) is 0 Å². The molecule has 6 nitrogen and oxygen atoms in total. The predicted molar refractivity (Wildman–Crippen MR) is 59.3 cm³/mol. The number of rotatable bonds is 7. The molecular formula is C9H15N3O3S. The summed E-state index contributed by atoms with van der Waals surface area (Å²) < 4.78 is 7.09. The summed E-state index contributed by atoms with van der Waals surface area (Å²) in [4.78, 5) is 10.4. The van der Waals surface area contributed by atoms with Crippen molar-refractivity contribution < 1.29 is 14.6 Å². The van der Waals surface area contributed by atoms with Gasteiger partial charge in [-0.05, 0) is 6.42 Å². The second kappa shape index (κ2) is 6.49. The Bertz CT molecular complexity index is 354. The van der Waals surface area contributed by atoms with E-state index in [1.54, 1.807) is 11.6 Å². The van der Waals surface area contributed by atoms with Gasteiger partial charge in [-0.15, -0.1) is 10.2 Å². The van der Waals surface area contributed by atoms with E-state index in [-0.39, 0.29) is 5.75 Å². The minimum atomic E-state index is -0.864. The zero-order valence-corrected chi connectivity index (χ0v) is 10.2. The van der Waals surface area contributed by atoms with E-state index < -0.39 is 5.97 Å². The van der Waals surface area contributed by atoms with Crippen LogP contribution in [0.3, 0.4) is 0 Å². The second-order valence-electron chi connectivity index (χ2n) is 3.19. The molecule has 0 spiro atoms. The molecular weight excluding hydrogens is 230 g/mol. The number of hydrogen-bond acceptors (Lipinski definition) is 5. The number of carbonyl (C=O) groups is 1. The Morgan fingerprint density at radius 2 is 2.31 bits per heavy atom. The van der Waals surface area contributed by atoms with Crippen LogP contribution in [0.25, 0.3) is 0 Å². The van der Waals surface area contributed by atoms with Gasteiger partial charge in [-0.25, -0.2) is 0 Å². The maximum Gasteiger partial charge on any atom is 0.313 e. The van der Waals surface area contributed by atoms with Crippen LogP contribution in [0.5, 0.6) is 0 Å². The van der Waals surface area contributed by atoms with Crippen LogP contribution in [0.1, 0.15) is 19.2 Å². The van der Waals surface area contributed by atoms with Crippen LogP contribution in [-0.2, 0) is 23.2 Å². The summed E-state index contributed by atoms with van der Waals surface area (Å²) in [7, 11) is 1.80. The van der Waals surface area contributed by atoms with Crippen molar-refractivity contribution in [1.29, 1.82) is 0 Å². The summed E-state index contributed by atoms with van der Waals surface area (Å²) in [5.41, 5.74) is 0. The summed E-state index contributed by atoms with van der Waals surface area (Å²) in [6, 6.07) is 0. The predicted octanol–water partition coefficient (Wildman–Crippen LogP) is 0.918. The third kappa shape index (κ3) is 3.82. The van der Waals surface area contributed by atoms with Crippen molar-refractivity contribution in [2.45, 2.75) is 25.1 Å². The van der Waals surface area contributed by atoms with Crippen LogP contribution in [-0.4, -0.2) is 38.2 Å². The molecule has 0 saturated heterocycles. The number of aliphatic carboxylic acids is 1. The summed E-state index contributed by atoms with van der Waals surface area (Å²) in [5.74, 6) is -0.167. The Kier molecular flexibility index (Phi) is 5.27. The first kappa shape index (κ1) is 13.0. The maximum absolute atomic E-state index is 10.4. The van der Waals surface area contributed by atoms with Gasteiger partial charge < -0.3 is 14.4 Å². The quantitative estimate of drug-likeness (QED) is 0.568. The van der Waals surface area contributed by atoms with Gasteiger partial charge in [0.1, 0.15) is 6.61 Å². The highest BCUT2D eigenvalue weighted by molar-refractivity contribution is 7.99. The topological polar surface area (TPSA) is 77.2 Å². The average Bonchev–Trinajstić information content (AvgIpc) is 2.58. The van der Waals surface area contributed by atoms with Crippen LogP contribution in [0.2, 0.25) is 0 Å². The lowest BCUT2D eigenvalue weighted by Gasteiger charge is -2.03. The highest BCUT2D eigenvalue weighted by atomic mass is 32.2. The first-order valence-electron chi connectivity index (χ1n) is 4.95. The van der Waals surface area contributed by atoms with Crippen molar-refractivity contribution >= 4 is 17.7 Å². The van der Waals surface area contributed by atoms with E-state index in [4.69, 9.17) is 9.84 Å². The molecule has 90 valence electrons. The first-order valence-corrected chi connectivity index (χ1v) is 5.94. The summed E-state index contributed by atoms with van der Waals surface area (Å²) >= 11 is 1.15. The average molecular weight is 245 g/mol. The Hall–Kier alpha value is -1.08. The normalized spacial score (nSPS) is 10.6. The van der Waals surface area contributed by atoms with Crippen molar-refractivity contribution in [1.82, 2.24) is 14.8 Å². The molecule has 0 aliphatic carbocycles. The molecule has 0 amide bonds. The summed E-state index contributed by atoms with van der Waals surface area (Å²) in [6.45, 7) is 3.13. The molecule has 1 aromatic heterocycles. The van der Waals surface area contributed by atoms with E-state index in [0.717, 1.165) is 18.2 Å². The Balaban J connectivity index is 2.51. The number of nitrogens with zero attached hydrogens (tertiary/aromatic N) is 3. The van der Waals surface area contributed by atoms with Crippen LogP contribution < -0.4 is 0 Å². The second-order valence-corrected chi connectivity index (χ2v) is 4.14. The number of carboxylic acid groups (broad SMARTS) is 1. The van der Waals surface area contributed by atoms with E-state index in [9.17, 15) is 4.79 Å². The zero-order chi connectivity index (χ0) is 12.0. The maximum atomic E-state index is 10.4. The largest absolute Gasteiger partial charge is 0.481 e. The van der Waals surface area contributed by atoms with Crippen molar-refractivity contribution in [2.24, 2.45) is 7.05 Å². The van der Waals surface area contributed by atoms with E-state index in [1.165, 1.54) is 0 Å². The fourth-order valence-corrected chi connectivity index (χ4v) is 1.68. The molecule has 0 fully saturated rings. The third-order valence-electron chi connectivity index (χ3n) is 1.83. The van der Waals surface area contributed by atoms with E-state index in [0.29, 0.717) is 24.2 Å². The van der Waals surface area contributed by atoms with Crippen LogP contribution >= 0.6 is 11.8 Å². The molecule has 16 heavy (non-hydrogen) atoms. The number of hydrogen-bond donors (Lipinski definition) is 1. The molecule has 0 bridgehead atoms. The van der Waals surface area contributed by atoms with Crippen molar-refractivity contribution in [3.63, 3.8) is 0 Å². The lowest BCUT2D eigenvalue weighted by atomic mass is 10.5. The van der Waals surface area contributed by atoms with E-state index in [2.05, 4.69) is 10.2 Å². The summed E-state index contributed by atoms with van der Waals surface area (Å²) in [5, 5.41) is 17.0. The molecule has 0 aliphatic rings. The molecule has 0 aliphatic heterocycles. The standard InChI is InChI=1S/C9H15N3O3S/c1-3-4-15-5-7-10-11-9(12(7)2)16-6-8(13)14/h3-6H2,1-2H3,(H,13,14). The Labute approximate surface area is 98.0 Å². The molecule has 1 aromatic rings. The molecule has 1 heterocycles. The minimum Gasteiger partial charge on any atom is -0.481 e. The fraction of sp³-hybridized carbons (Fsp3) is 0.667. The molecule has 7 heteroatoms. The van der Waals surface area contributed by atoms with Gasteiger partial charge in [0, 0.05) is 13.7 Å². The SMILES string of the molecule is CCCOCc1nnc(SCC(=O)O)n1C. The first-order chi connectivity index (χ1) is 7.65. The smallest absolute Gasteiger partial charge is 0.313 e. The van der Waals surface area contributed by atoms with Gasteiger partial charge in [0.05, 0.1) is 5.75 Å². The van der Waals surface area contributed by atoms with Crippen LogP contribution in [0, 0.1) is 0 Å². The number of carboxylic acids is 1. The summed E-state index contributed by atoms with van der Waals surface area (Å²) in [6.07, 6.45) is 0.957. The van der Waals surface area contributed by atoms with E-state index >= 15 is 0 Å².